The van der Waals surface area contributed by atoms with Crippen molar-refractivity contribution < 1.29 is 5.11 Å². The lowest BCUT2D eigenvalue weighted by Crippen LogP contribution is -2.14. The van der Waals surface area contributed by atoms with Crippen LogP contribution in [0.25, 0.3) is 0 Å². The van der Waals surface area contributed by atoms with Crippen LogP contribution in [0.15, 0.2) is 12.3 Å². The molecule has 3 nitrogen and oxygen atoms in total. The van der Waals surface area contributed by atoms with E-state index in [4.69, 9.17) is 16.6 Å². The summed E-state index contributed by atoms with van der Waals surface area (Å²) < 4.78 is 0. The van der Waals surface area contributed by atoms with Gasteiger partial charge in [0, 0.05) is 0 Å². The minimum atomic E-state index is -0.907. The number of rotatable bonds is 1. The van der Waals surface area contributed by atoms with Gasteiger partial charge in [0.25, 0.3) is 0 Å². The Morgan fingerprint density at radius 3 is 2.17 bits per heavy atom. The summed E-state index contributed by atoms with van der Waals surface area (Å²) in [5.41, 5.74) is 9.60. The van der Waals surface area contributed by atoms with Crippen LogP contribution in [0.2, 0.25) is 0 Å². The summed E-state index contributed by atoms with van der Waals surface area (Å²) in [7, 11) is 0. The molecule has 5 N–H and O–H groups in total. The molecule has 0 radical (unpaired) electrons. The zero-order valence-corrected chi connectivity index (χ0v) is 3.33. The first-order valence-corrected chi connectivity index (χ1v) is 1.59. The first-order valence-electron chi connectivity index (χ1n) is 1.59. The lowest BCUT2D eigenvalue weighted by molar-refractivity contribution is 0.231. The Balaban J connectivity index is 3.03. The Morgan fingerprint density at radius 2 is 2.17 bits per heavy atom. The molecule has 0 saturated heterocycles. The highest BCUT2D eigenvalue weighted by atomic mass is 16.3. The van der Waals surface area contributed by atoms with Crippen LogP contribution in [0.4, 0.5) is 0 Å². The molecular formula is C3H8N2O. The Labute approximate surface area is 36.3 Å². The molecular weight excluding hydrogens is 80.0 g/mol. The molecule has 0 bridgehead atoms. The van der Waals surface area contributed by atoms with Crippen molar-refractivity contribution in [3.8, 4) is 0 Å². The fourth-order valence-corrected chi connectivity index (χ4v) is 0.114. The summed E-state index contributed by atoms with van der Waals surface area (Å²) in [5.74, 6) is 0. The molecule has 0 aliphatic heterocycles. The SMILES string of the molecule is NC=CC(N)O. The smallest absolute Gasteiger partial charge is 0.123 e. The Hall–Kier alpha value is -0.540. The Bertz CT molecular complexity index is 50.8. The Morgan fingerprint density at radius 1 is 1.67 bits per heavy atom. The van der Waals surface area contributed by atoms with Crippen LogP contribution < -0.4 is 11.5 Å². The predicted molar refractivity (Wildman–Crippen MR) is 23.5 cm³/mol. The molecule has 0 fully saturated rings. The fourth-order valence-electron chi connectivity index (χ4n) is 0.114. The van der Waals surface area contributed by atoms with Crippen LogP contribution in [0.3, 0.4) is 0 Å². The second-order valence-corrected chi connectivity index (χ2v) is 0.875. The van der Waals surface area contributed by atoms with Gasteiger partial charge in [0.1, 0.15) is 6.23 Å². The number of hydrogen-bond acceptors (Lipinski definition) is 3. The zero-order chi connectivity index (χ0) is 4.99. The largest absolute Gasteiger partial charge is 0.405 e. The van der Waals surface area contributed by atoms with Gasteiger partial charge in [-0.1, -0.05) is 0 Å². The maximum atomic E-state index is 8.16. The average molecular weight is 88.1 g/mol. The second kappa shape index (κ2) is 2.68. The third-order valence-corrected chi connectivity index (χ3v) is 0.308. The van der Waals surface area contributed by atoms with Gasteiger partial charge in [-0.05, 0) is 12.3 Å². The highest BCUT2D eigenvalue weighted by Crippen LogP contribution is 1.65. The van der Waals surface area contributed by atoms with Crippen molar-refractivity contribution in [2.24, 2.45) is 11.5 Å². The van der Waals surface area contributed by atoms with Crippen LogP contribution in [0.5, 0.6) is 0 Å². The van der Waals surface area contributed by atoms with Crippen LogP contribution in [0.1, 0.15) is 0 Å². The molecule has 0 amide bonds. The summed E-state index contributed by atoms with van der Waals surface area (Å²) >= 11 is 0. The van der Waals surface area contributed by atoms with Gasteiger partial charge in [0.05, 0.1) is 0 Å². The molecule has 0 aromatic rings. The second-order valence-electron chi connectivity index (χ2n) is 0.875. The normalized spacial score (nSPS) is 15.7. The van der Waals surface area contributed by atoms with E-state index in [0.717, 1.165) is 0 Å². The predicted octanol–water partition coefficient (Wildman–Crippen LogP) is -1.26. The van der Waals surface area contributed by atoms with E-state index in [-0.39, 0.29) is 0 Å². The summed E-state index contributed by atoms with van der Waals surface area (Å²) in [6, 6.07) is 0. The van der Waals surface area contributed by atoms with Crippen LogP contribution in [-0.4, -0.2) is 11.3 Å². The van der Waals surface area contributed by atoms with Gasteiger partial charge in [-0.25, -0.2) is 0 Å². The van der Waals surface area contributed by atoms with Crippen molar-refractivity contribution in [3.63, 3.8) is 0 Å². The minimum Gasteiger partial charge on any atom is -0.405 e. The maximum absolute atomic E-state index is 8.16. The molecule has 0 aromatic heterocycles. The van der Waals surface area contributed by atoms with E-state index in [1.165, 1.54) is 12.3 Å². The van der Waals surface area contributed by atoms with Gasteiger partial charge >= 0.3 is 0 Å². The third-order valence-electron chi connectivity index (χ3n) is 0.308. The van der Waals surface area contributed by atoms with Crippen molar-refractivity contribution in [1.29, 1.82) is 0 Å². The van der Waals surface area contributed by atoms with E-state index in [1.807, 2.05) is 0 Å². The lowest BCUT2D eigenvalue weighted by atomic mass is 10.6. The summed E-state index contributed by atoms with van der Waals surface area (Å²) in [6.07, 6.45) is 1.57. The first kappa shape index (κ1) is 5.46. The monoisotopic (exact) mass is 88.1 g/mol. The summed E-state index contributed by atoms with van der Waals surface area (Å²) in [6.45, 7) is 0. The molecule has 3 heteroatoms. The molecule has 0 aliphatic carbocycles. The molecule has 0 saturated carbocycles. The standard InChI is InChI=1S/C3H8N2O/c4-2-1-3(5)6/h1-3,6H,4-5H2. The number of aliphatic hydroxyl groups is 1. The zero-order valence-electron chi connectivity index (χ0n) is 3.33. The molecule has 1 atom stereocenters. The van der Waals surface area contributed by atoms with E-state index in [1.54, 1.807) is 0 Å². The number of nitrogens with two attached hydrogens (primary N) is 2. The lowest BCUT2D eigenvalue weighted by Gasteiger charge is -1.88. The molecule has 36 valence electrons. The molecule has 0 aliphatic rings. The Kier molecular flexibility index (Phi) is 2.44. The molecule has 0 heterocycles. The van der Waals surface area contributed by atoms with Gasteiger partial charge in [0.2, 0.25) is 0 Å². The van der Waals surface area contributed by atoms with Gasteiger partial charge in [-0.15, -0.1) is 0 Å². The van der Waals surface area contributed by atoms with Crippen LogP contribution >= 0.6 is 0 Å². The van der Waals surface area contributed by atoms with Gasteiger partial charge in [0.15, 0.2) is 0 Å². The maximum Gasteiger partial charge on any atom is 0.123 e. The van der Waals surface area contributed by atoms with Crippen molar-refractivity contribution in [3.05, 3.63) is 12.3 Å². The first-order chi connectivity index (χ1) is 2.77. The fraction of sp³-hybridized carbons (Fsp3) is 0.333. The molecule has 1 unspecified atom stereocenters. The minimum absolute atomic E-state index is 0.907. The highest BCUT2D eigenvalue weighted by molar-refractivity contribution is 4.79. The average Bonchev–Trinajstić information content (AvgIpc) is 1.35. The van der Waals surface area contributed by atoms with E-state index >= 15 is 0 Å². The van der Waals surface area contributed by atoms with E-state index in [2.05, 4.69) is 0 Å². The van der Waals surface area contributed by atoms with Crippen molar-refractivity contribution >= 4 is 0 Å². The van der Waals surface area contributed by atoms with E-state index < -0.39 is 6.23 Å². The highest BCUT2D eigenvalue weighted by Gasteiger charge is 1.78. The van der Waals surface area contributed by atoms with Crippen LogP contribution in [0, 0.1) is 0 Å². The molecule has 0 aromatic carbocycles. The van der Waals surface area contributed by atoms with Gasteiger partial charge in [-0.2, -0.15) is 0 Å². The summed E-state index contributed by atoms with van der Waals surface area (Å²) in [4.78, 5) is 0. The van der Waals surface area contributed by atoms with E-state index in [9.17, 15) is 0 Å². The van der Waals surface area contributed by atoms with E-state index in [0.29, 0.717) is 0 Å². The summed E-state index contributed by atoms with van der Waals surface area (Å²) in [5, 5.41) is 8.16. The van der Waals surface area contributed by atoms with Crippen LogP contribution in [-0.2, 0) is 0 Å². The topological polar surface area (TPSA) is 72.3 Å². The quantitative estimate of drug-likeness (QED) is 0.350. The number of hydrogen-bond donors (Lipinski definition) is 3. The molecule has 6 heavy (non-hydrogen) atoms. The number of aliphatic hydroxyl groups excluding tert-OH is 1. The van der Waals surface area contributed by atoms with Crippen molar-refractivity contribution in [2.45, 2.75) is 6.23 Å². The molecule has 0 rings (SSSR count). The molecule has 0 spiro atoms. The van der Waals surface area contributed by atoms with Crippen molar-refractivity contribution in [1.82, 2.24) is 0 Å². The van der Waals surface area contributed by atoms with Crippen molar-refractivity contribution in [2.75, 3.05) is 0 Å². The third kappa shape index (κ3) is 3.46. The van der Waals surface area contributed by atoms with Gasteiger partial charge < -0.3 is 16.6 Å². The van der Waals surface area contributed by atoms with Gasteiger partial charge in [-0.3, -0.25) is 0 Å².